The van der Waals surface area contributed by atoms with Gasteiger partial charge in [0.05, 0.1) is 36.8 Å². The highest BCUT2D eigenvalue weighted by Crippen LogP contribution is 2.31. The van der Waals surface area contributed by atoms with Gasteiger partial charge in [-0.05, 0) is 18.4 Å². The first kappa shape index (κ1) is 17.1. The van der Waals surface area contributed by atoms with Crippen LogP contribution in [-0.2, 0) is 0 Å². The molecule has 2 aromatic carbocycles. The van der Waals surface area contributed by atoms with E-state index in [0.29, 0.717) is 5.56 Å². The molecule has 4 aliphatic heterocycles. The Bertz CT molecular complexity index is 1150. The monoisotopic (exact) mass is 388 g/mol. The van der Waals surface area contributed by atoms with Gasteiger partial charge in [0.15, 0.2) is 0 Å². The Morgan fingerprint density at radius 3 is 2.34 bits per heavy atom. The Morgan fingerprint density at radius 1 is 0.966 bits per heavy atom. The number of fused-ring (bicyclic) bond motifs is 1. The minimum Gasteiger partial charge on any atom is -0.295 e. The predicted molar refractivity (Wildman–Crippen MR) is 114 cm³/mol. The van der Waals surface area contributed by atoms with Crippen LogP contribution in [0.4, 0.5) is 0 Å². The van der Waals surface area contributed by atoms with Crippen molar-refractivity contribution < 1.29 is 0 Å². The lowest BCUT2D eigenvalue weighted by atomic mass is 9.91. The average molecular weight is 388 g/mol. The number of benzene rings is 2. The number of aromatic amines is 1. The minimum absolute atomic E-state index is 0.0479. The number of aliphatic imine (C=N–C) groups is 1. The van der Waals surface area contributed by atoms with Crippen LogP contribution >= 0.6 is 0 Å². The molecule has 7 rings (SSSR count). The molecule has 0 saturated carbocycles. The Morgan fingerprint density at radius 2 is 1.62 bits per heavy atom. The Hall–Kier alpha value is -2.74. The number of rotatable bonds is 3. The normalized spacial score (nSPS) is 30.6. The third-order valence-corrected chi connectivity index (χ3v) is 6.35. The van der Waals surface area contributed by atoms with E-state index < -0.39 is 0 Å². The van der Waals surface area contributed by atoms with Crippen molar-refractivity contribution in [1.29, 1.82) is 0 Å². The Balaban J connectivity index is 1.39. The van der Waals surface area contributed by atoms with E-state index >= 15 is 0 Å². The quantitative estimate of drug-likeness (QED) is 0.693. The summed E-state index contributed by atoms with van der Waals surface area (Å²) < 4.78 is 1.65. The molecule has 1 N–H and O–H groups in total. The molecule has 0 radical (unpaired) electrons. The first-order valence-electron chi connectivity index (χ1n) is 10.1. The second-order valence-corrected chi connectivity index (χ2v) is 8.68. The number of hydrogen-bond donors (Lipinski definition) is 1. The molecule has 0 amide bonds. The lowest BCUT2D eigenvalue weighted by molar-refractivity contribution is -0.139. The fourth-order valence-electron chi connectivity index (χ4n) is 5.29. The molecule has 5 heterocycles. The summed E-state index contributed by atoms with van der Waals surface area (Å²) in [5.41, 5.74) is 2.18. The van der Waals surface area contributed by atoms with E-state index in [1.54, 1.807) is 4.68 Å². The van der Waals surface area contributed by atoms with Crippen LogP contribution in [0.5, 0.6) is 0 Å². The van der Waals surface area contributed by atoms with Gasteiger partial charge < -0.3 is 0 Å². The standard InChI is InChI=1S/C22H24N6O/c1-16-19(9-23-22-10-25-13-26(11-22)15-27(12-22)14-25)21(29)28(24-16)20-8-4-6-17-5-2-3-7-18(17)20/h2-9,24H,10-15H2,1H3. The fourth-order valence-corrected chi connectivity index (χ4v) is 5.29. The highest BCUT2D eigenvalue weighted by molar-refractivity contribution is 5.90. The fraction of sp³-hybridized carbons (Fsp3) is 0.364. The van der Waals surface area contributed by atoms with Crippen LogP contribution < -0.4 is 5.56 Å². The van der Waals surface area contributed by atoms with E-state index in [0.717, 1.165) is 61.8 Å². The first-order valence-corrected chi connectivity index (χ1v) is 10.1. The molecular weight excluding hydrogens is 364 g/mol. The number of aryl methyl sites for hydroxylation is 1. The van der Waals surface area contributed by atoms with Crippen molar-refractivity contribution in [2.45, 2.75) is 12.5 Å². The molecule has 0 unspecified atom stereocenters. The molecule has 4 fully saturated rings. The largest absolute Gasteiger partial charge is 0.295 e. The summed E-state index contributed by atoms with van der Waals surface area (Å²) in [5.74, 6) is 0. The summed E-state index contributed by atoms with van der Waals surface area (Å²) in [6.45, 7) is 7.95. The summed E-state index contributed by atoms with van der Waals surface area (Å²) in [6.07, 6.45) is 1.81. The van der Waals surface area contributed by atoms with Crippen LogP contribution in [0.25, 0.3) is 16.5 Å². The van der Waals surface area contributed by atoms with Gasteiger partial charge in [-0.15, -0.1) is 0 Å². The minimum atomic E-state index is -0.130. The van der Waals surface area contributed by atoms with E-state index in [-0.39, 0.29) is 11.1 Å². The van der Waals surface area contributed by atoms with Crippen LogP contribution in [0, 0.1) is 6.92 Å². The molecule has 0 spiro atoms. The predicted octanol–water partition coefficient (Wildman–Crippen LogP) is 1.60. The lowest BCUT2D eigenvalue weighted by Crippen LogP contribution is -2.75. The number of hydrogen-bond acceptors (Lipinski definition) is 5. The molecule has 4 aliphatic rings. The van der Waals surface area contributed by atoms with Gasteiger partial charge in [0, 0.05) is 36.9 Å². The van der Waals surface area contributed by atoms with E-state index in [1.807, 2.05) is 43.5 Å². The van der Waals surface area contributed by atoms with Crippen LogP contribution in [0.3, 0.4) is 0 Å². The summed E-state index contributed by atoms with van der Waals surface area (Å²) in [7, 11) is 0. The van der Waals surface area contributed by atoms with Crippen LogP contribution in [-0.4, -0.2) is 75.9 Å². The second kappa shape index (κ2) is 6.13. The molecular formula is C22H24N6O. The molecule has 0 aliphatic carbocycles. The number of nitrogens with one attached hydrogen (secondary N) is 1. The van der Waals surface area contributed by atoms with Gasteiger partial charge in [-0.25, -0.2) is 4.68 Å². The van der Waals surface area contributed by atoms with E-state index in [2.05, 4.69) is 31.9 Å². The van der Waals surface area contributed by atoms with Gasteiger partial charge in [0.25, 0.3) is 5.56 Å². The molecule has 3 aromatic rings. The zero-order valence-corrected chi connectivity index (χ0v) is 16.5. The molecule has 0 atom stereocenters. The summed E-state index contributed by atoms with van der Waals surface area (Å²) in [5, 5.41) is 5.43. The second-order valence-electron chi connectivity index (χ2n) is 8.68. The third-order valence-electron chi connectivity index (χ3n) is 6.35. The maximum absolute atomic E-state index is 13.3. The van der Waals surface area contributed by atoms with Crippen LogP contribution in [0.1, 0.15) is 11.3 Å². The summed E-state index contributed by atoms with van der Waals surface area (Å²) in [6, 6.07) is 14.2. The summed E-state index contributed by atoms with van der Waals surface area (Å²) in [4.78, 5) is 25.6. The van der Waals surface area contributed by atoms with Crippen molar-refractivity contribution in [1.82, 2.24) is 24.5 Å². The lowest BCUT2D eigenvalue weighted by Gasteiger charge is -2.59. The maximum atomic E-state index is 13.3. The van der Waals surface area contributed by atoms with Crippen molar-refractivity contribution in [2.75, 3.05) is 39.6 Å². The van der Waals surface area contributed by atoms with E-state index in [4.69, 9.17) is 4.99 Å². The van der Waals surface area contributed by atoms with Crippen molar-refractivity contribution in [3.05, 3.63) is 64.1 Å². The van der Waals surface area contributed by atoms with Gasteiger partial charge >= 0.3 is 0 Å². The molecule has 148 valence electrons. The van der Waals surface area contributed by atoms with Gasteiger partial charge in [0.1, 0.15) is 0 Å². The van der Waals surface area contributed by atoms with Crippen LogP contribution in [0.2, 0.25) is 0 Å². The molecule has 7 nitrogen and oxygen atoms in total. The SMILES string of the molecule is Cc1[nH]n(-c2cccc3ccccc23)c(=O)c1C=NC12CN3CN(CN(C3)C1)C2. The molecule has 1 aromatic heterocycles. The van der Waals surface area contributed by atoms with Crippen molar-refractivity contribution in [2.24, 2.45) is 4.99 Å². The van der Waals surface area contributed by atoms with Crippen molar-refractivity contribution in [3.8, 4) is 5.69 Å². The first-order chi connectivity index (χ1) is 14.1. The Labute approximate surface area is 168 Å². The van der Waals surface area contributed by atoms with Gasteiger partial charge in [0.2, 0.25) is 0 Å². The van der Waals surface area contributed by atoms with Crippen LogP contribution in [0.15, 0.2) is 52.3 Å². The Kier molecular flexibility index (Phi) is 3.62. The average Bonchev–Trinajstić information content (AvgIpc) is 2.98. The number of aromatic nitrogens is 2. The maximum Gasteiger partial charge on any atom is 0.280 e. The van der Waals surface area contributed by atoms with Gasteiger partial charge in [-0.3, -0.25) is 29.6 Å². The van der Waals surface area contributed by atoms with Gasteiger partial charge in [-0.2, -0.15) is 0 Å². The molecule has 4 bridgehead atoms. The molecule has 7 heteroatoms. The third kappa shape index (κ3) is 2.69. The zero-order valence-electron chi connectivity index (χ0n) is 16.5. The van der Waals surface area contributed by atoms with Crippen molar-refractivity contribution >= 4 is 17.0 Å². The van der Waals surface area contributed by atoms with Gasteiger partial charge in [-0.1, -0.05) is 36.4 Å². The zero-order chi connectivity index (χ0) is 19.6. The summed E-state index contributed by atoms with van der Waals surface area (Å²) >= 11 is 0. The van der Waals surface area contributed by atoms with Crippen molar-refractivity contribution in [3.63, 3.8) is 0 Å². The van der Waals surface area contributed by atoms with E-state index in [1.165, 1.54) is 0 Å². The molecule has 29 heavy (non-hydrogen) atoms. The topological polar surface area (TPSA) is 59.9 Å². The smallest absolute Gasteiger partial charge is 0.280 e. The highest BCUT2D eigenvalue weighted by Gasteiger charge is 2.48. The molecule has 4 saturated heterocycles. The van der Waals surface area contributed by atoms with E-state index in [9.17, 15) is 4.79 Å². The number of nitrogens with zero attached hydrogens (tertiary/aromatic N) is 5. The highest BCUT2D eigenvalue weighted by atomic mass is 16.1. The number of H-pyrrole nitrogens is 1.